The first-order chi connectivity index (χ1) is 13.3. The van der Waals surface area contributed by atoms with Gasteiger partial charge in [-0.2, -0.15) is 0 Å². The van der Waals surface area contributed by atoms with Gasteiger partial charge in [-0.3, -0.25) is 9.78 Å². The van der Waals surface area contributed by atoms with Crippen LogP contribution in [-0.4, -0.2) is 41.5 Å². The molecule has 1 amide bonds. The number of rotatable bonds is 7. The number of ether oxygens (including phenoxy) is 1. The SMILES string of the molecule is C=CCOc1ccc(C(=O)N(Cc2ccccn2)C2CCCNCC2)cc1. The minimum atomic E-state index is 0.0443. The molecule has 1 aromatic carbocycles. The summed E-state index contributed by atoms with van der Waals surface area (Å²) in [5.74, 6) is 0.782. The summed E-state index contributed by atoms with van der Waals surface area (Å²) < 4.78 is 5.52. The summed E-state index contributed by atoms with van der Waals surface area (Å²) in [6.45, 7) is 6.57. The van der Waals surface area contributed by atoms with Crippen molar-refractivity contribution in [2.45, 2.75) is 31.8 Å². The standard InChI is InChI=1S/C22H27N3O2/c1-2-16-27-21-10-8-18(9-11-21)22(26)25(17-19-6-3-4-14-24-19)20-7-5-13-23-15-12-20/h2-4,6,8-11,14,20,23H,1,5,7,12-13,15-17H2. The van der Waals surface area contributed by atoms with Crippen LogP contribution in [0.1, 0.15) is 35.3 Å². The largest absolute Gasteiger partial charge is 0.490 e. The van der Waals surface area contributed by atoms with E-state index < -0.39 is 0 Å². The van der Waals surface area contributed by atoms with Gasteiger partial charge in [0.05, 0.1) is 12.2 Å². The molecule has 2 heterocycles. The van der Waals surface area contributed by atoms with Gasteiger partial charge in [0.1, 0.15) is 12.4 Å². The van der Waals surface area contributed by atoms with E-state index in [1.807, 2.05) is 47.4 Å². The third kappa shape index (κ3) is 5.41. The summed E-state index contributed by atoms with van der Waals surface area (Å²) >= 11 is 0. The van der Waals surface area contributed by atoms with E-state index in [0.717, 1.165) is 43.8 Å². The van der Waals surface area contributed by atoms with Gasteiger partial charge < -0.3 is 15.0 Å². The summed E-state index contributed by atoms with van der Waals surface area (Å²) in [7, 11) is 0. The summed E-state index contributed by atoms with van der Waals surface area (Å²) in [4.78, 5) is 19.7. The number of hydrogen-bond donors (Lipinski definition) is 1. The zero-order valence-corrected chi connectivity index (χ0v) is 15.6. The van der Waals surface area contributed by atoms with Gasteiger partial charge in [0.2, 0.25) is 0 Å². The second-order valence-corrected chi connectivity index (χ2v) is 6.71. The van der Waals surface area contributed by atoms with E-state index in [2.05, 4.69) is 16.9 Å². The Morgan fingerprint density at radius 1 is 1.22 bits per heavy atom. The molecular weight excluding hydrogens is 338 g/mol. The Hall–Kier alpha value is -2.66. The van der Waals surface area contributed by atoms with Crippen LogP contribution < -0.4 is 10.1 Å². The van der Waals surface area contributed by atoms with E-state index in [-0.39, 0.29) is 11.9 Å². The van der Waals surface area contributed by atoms with Crippen LogP contribution in [-0.2, 0) is 6.54 Å². The molecule has 27 heavy (non-hydrogen) atoms. The molecule has 1 unspecified atom stereocenters. The van der Waals surface area contributed by atoms with Crippen molar-refractivity contribution in [3.8, 4) is 5.75 Å². The highest BCUT2D eigenvalue weighted by Crippen LogP contribution is 2.21. The lowest BCUT2D eigenvalue weighted by Gasteiger charge is -2.31. The number of benzene rings is 1. The van der Waals surface area contributed by atoms with Gasteiger partial charge in [0.25, 0.3) is 5.91 Å². The van der Waals surface area contributed by atoms with Gasteiger partial charge in [-0.25, -0.2) is 0 Å². The lowest BCUT2D eigenvalue weighted by Crippen LogP contribution is -2.40. The van der Waals surface area contributed by atoms with Gasteiger partial charge in [-0.1, -0.05) is 18.7 Å². The number of aromatic nitrogens is 1. The summed E-state index contributed by atoms with van der Waals surface area (Å²) in [6, 6.07) is 13.4. The molecule has 3 rings (SSSR count). The van der Waals surface area contributed by atoms with Crippen LogP contribution in [0.2, 0.25) is 0 Å². The monoisotopic (exact) mass is 365 g/mol. The third-order valence-electron chi connectivity index (χ3n) is 4.77. The van der Waals surface area contributed by atoms with Crippen molar-refractivity contribution in [1.82, 2.24) is 15.2 Å². The average molecular weight is 365 g/mol. The average Bonchev–Trinajstić information content (AvgIpc) is 3.00. The number of pyridine rings is 1. The summed E-state index contributed by atoms with van der Waals surface area (Å²) in [5.41, 5.74) is 1.59. The fraction of sp³-hybridized carbons (Fsp3) is 0.364. The Kier molecular flexibility index (Phi) is 6.99. The number of nitrogens with one attached hydrogen (secondary N) is 1. The summed E-state index contributed by atoms with van der Waals surface area (Å²) in [5, 5.41) is 3.42. The van der Waals surface area contributed by atoms with Crippen LogP contribution in [0.3, 0.4) is 0 Å². The first kappa shape index (κ1) is 19.1. The molecule has 1 fully saturated rings. The molecule has 0 saturated carbocycles. The van der Waals surface area contributed by atoms with Crippen molar-refractivity contribution in [2.75, 3.05) is 19.7 Å². The van der Waals surface area contributed by atoms with Gasteiger partial charge in [-0.15, -0.1) is 0 Å². The molecule has 0 radical (unpaired) electrons. The summed E-state index contributed by atoms with van der Waals surface area (Å²) in [6.07, 6.45) is 6.52. The van der Waals surface area contributed by atoms with Crippen molar-refractivity contribution < 1.29 is 9.53 Å². The molecule has 1 aliphatic rings. The van der Waals surface area contributed by atoms with Crippen LogP contribution >= 0.6 is 0 Å². The lowest BCUT2D eigenvalue weighted by atomic mass is 10.0. The highest BCUT2D eigenvalue weighted by Gasteiger charge is 2.26. The van der Waals surface area contributed by atoms with Gasteiger partial charge in [0.15, 0.2) is 0 Å². The topological polar surface area (TPSA) is 54.5 Å². The molecule has 5 heteroatoms. The van der Waals surface area contributed by atoms with Gasteiger partial charge in [-0.05, 0) is 68.8 Å². The normalized spacial score (nSPS) is 17.0. The van der Waals surface area contributed by atoms with Crippen LogP contribution in [0.5, 0.6) is 5.75 Å². The minimum absolute atomic E-state index is 0.0443. The zero-order valence-electron chi connectivity index (χ0n) is 15.6. The molecule has 2 aromatic rings. The second-order valence-electron chi connectivity index (χ2n) is 6.71. The highest BCUT2D eigenvalue weighted by molar-refractivity contribution is 5.94. The molecule has 1 aromatic heterocycles. The molecule has 1 N–H and O–H groups in total. The Morgan fingerprint density at radius 2 is 2.07 bits per heavy atom. The molecular formula is C22H27N3O2. The molecule has 5 nitrogen and oxygen atoms in total. The minimum Gasteiger partial charge on any atom is -0.490 e. The van der Waals surface area contributed by atoms with Crippen LogP contribution in [0.25, 0.3) is 0 Å². The fourth-order valence-electron chi connectivity index (χ4n) is 3.36. The first-order valence-corrected chi connectivity index (χ1v) is 9.53. The van der Waals surface area contributed by atoms with Crippen LogP contribution in [0.15, 0.2) is 61.3 Å². The smallest absolute Gasteiger partial charge is 0.254 e. The zero-order chi connectivity index (χ0) is 18.9. The Morgan fingerprint density at radius 3 is 2.81 bits per heavy atom. The van der Waals surface area contributed by atoms with Gasteiger partial charge in [0, 0.05) is 17.8 Å². The molecule has 0 bridgehead atoms. The van der Waals surface area contributed by atoms with Crippen molar-refractivity contribution in [2.24, 2.45) is 0 Å². The quantitative estimate of drug-likeness (QED) is 0.764. The maximum absolute atomic E-state index is 13.3. The molecule has 142 valence electrons. The van der Waals surface area contributed by atoms with Crippen molar-refractivity contribution in [3.63, 3.8) is 0 Å². The van der Waals surface area contributed by atoms with Crippen molar-refractivity contribution >= 4 is 5.91 Å². The predicted octanol–water partition coefficient (Wildman–Crippen LogP) is 3.43. The number of carbonyl (C=O) groups is 1. The van der Waals surface area contributed by atoms with E-state index in [1.54, 1.807) is 12.3 Å². The second kappa shape index (κ2) is 9.88. The lowest BCUT2D eigenvalue weighted by molar-refractivity contribution is 0.0642. The van der Waals surface area contributed by atoms with Crippen LogP contribution in [0.4, 0.5) is 0 Å². The number of carbonyl (C=O) groups excluding carboxylic acids is 1. The van der Waals surface area contributed by atoms with Crippen molar-refractivity contribution in [3.05, 3.63) is 72.6 Å². The Bertz CT molecular complexity index is 723. The van der Waals surface area contributed by atoms with Crippen LogP contribution in [0, 0.1) is 0 Å². The maximum Gasteiger partial charge on any atom is 0.254 e. The fourth-order valence-corrected chi connectivity index (χ4v) is 3.36. The predicted molar refractivity (Wildman–Crippen MR) is 107 cm³/mol. The maximum atomic E-state index is 13.3. The number of hydrogen-bond acceptors (Lipinski definition) is 4. The van der Waals surface area contributed by atoms with E-state index in [0.29, 0.717) is 18.7 Å². The number of nitrogens with zero attached hydrogens (tertiary/aromatic N) is 2. The van der Waals surface area contributed by atoms with E-state index in [9.17, 15) is 4.79 Å². The molecule has 0 aliphatic carbocycles. The third-order valence-corrected chi connectivity index (χ3v) is 4.77. The van der Waals surface area contributed by atoms with Crippen molar-refractivity contribution in [1.29, 1.82) is 0 Å². The van der Waals surface area contributed by atoms with E-state index >= 15 is 0 Å². The molecule has 0 spiro atoms. The molecule has 1 atom stereocenters. The Labute approximate surface area is 161 Å². The Balaban J connectivity index is 1.79. The molecule has 1 saturated heterocycles. The van der Waals surface area contributed by atoms with E-state index in [1.165, 1.54) is 0 Å². The first-order valence-electron chi connectivity index (χ1n) is 9.53. The highest BCUT2D eigenvalue weighted by atomic mass is 16.5. The van der Waals surface area contributed by atoms with E-state index in [4.69, 9.17) is 4.74 Å². The number of amides is 1. The van der Waals surface area contributed by atoms with Gasteiger partial charge >= 0.3 is 0 Å². The molecule has 1 aliphatic heterocycles.